The van der Waals surface area contributed by atoms with Crippen LogP contribution in [0.5, 0.6) is 0 Å². The fourth-order valence-corrected chi connectivity index (χ4v) is 4.33. The van der Waals surface area contributed by atoms with Gasteiger partial charge in [-0.2, -0.15) is 10.4 Å². The highest BCUT2D eigenvalue weighted by molar-refractivity contribution is 6.30. The number of halogens is 1. The van der Waals surface area contributed by atoms with Crippen molar-refractivity contribution in [3.63, 3.8) is 0 Å². The van der Waals surface area contributed by atoms with Gasteiger partial charge in [-0.3, -0.25) is 9.58 Å². The molecule has 0 N–H and O–H groups in total. The fourth-order valence-electron chi connectivity index (χ4n) is 4.18. The van der Waals surface area contributed by atoms with E-state index in [-0.39, 0.29) is 0 Å². The topological polar surface area (TPSA) is 44.9 Å². The molecule has 2 atom stereocenters. The molecule has 1 aromatic heterocycles. The first kappa shape index (κ1) is 14.7. The number of benzene rings is 1. The Morgan fingerprint density at radius 3 is 2.65 bits per heavy atom. The van der Waals surface area contributed by atoms with Gasteiger partial charge in [0.25, 0.3) is 0 Å². The monoisotopic (exact) mass is 326 g/mol. The zero-order valence-corrected chi connectivity index (χ0v) is 13.7. The molecule has 4 rings (SSSR count). The minimum atomic E-state index is 0.460. The number of hydrogen-bond donors (Lipinski definition) is 0. The van der Waals surface area contributed by atoms with Gasteiger partial charge < -0.3 is 0 Å². The molecular formula is C18H19ClN4. The maximum Gasteiger partial charge on any atom is 0.0991 e. The maximum atomic E-state index is 9.06. The van der Waals surface area contributed by atoms with Crippen LogP contribution in [0.15, 0.2) is 36.7 Å². The Kier molecular flexibility index (Phi) is 3.84. The second-order valence-corrected chi connectivity index (χ2v) is 7.07. The van der Waals surface area contributed by atoms with E-state index in [1.165, 1.54) is 18.4 Å². The van der Waals surface area contributed by atoms with E-state index in [9.17, 15) is 0 Å². The summed E-state index contributed by atoms with van der Waals surface area (Å²) in [6.07, 6.45) is 8.45. The quantitative estimate of drug-likeness (QED) is 0.862. The van der Waals surface area contributed by atoms with Crippen LogP contribution in [0.4, 0.5) is 0 Å². The Morgan fingerprint density at radius 1 is 1.22 bits per heavy atom. The minimum absolute atomic E-state index is 0.460. The standard InChI is InChI=1S/C18H19ClN4/c19-15-10-21-23(12-15)18-7-16-4-5-17(8-18)22(16)11-14-3-1-2-13(6-14)9-20/h1-3,6,10,12,16-18H,4-5,7-8,11H2. The highest BCUT2D eigenvalue weighted by Crippen LogP contribution is 2.41. The van der Waals surface area contributed by atoms with E-state index >= 15 is 0 Å². The van der Waals surface area contributed by atoms with Crippen molar-refractivity contribution < 1.29 is 0 Å². The molecule has 2 saturated heterocycles. The number of nitriles is 1. The Balaban J connectivity index is 1.49. The second-order valence-electron chi connectivity index (χ2n) is 6.63. The van der Waals surface area contributed by atoms with Crippen molar-refractivity contribution in [1.82, 2.24) is 14.7 Å². The smallest absolute Gasteiger partial charge is 0.0991 e. The third kappa shape index (κ3) is 2.87. The first-order chi connectivity index (χ1) is 11.2. The summed E-state index contributed by atoms with van der Waals surface area (Å²) in [6, 6.07) is 11.9. The van der Waals surface area contributed by atoms with Crippen LogP contribution in [0.3, 0.4) is 0 Å². The highest BCUT2D eigenvalue weighted by atomic mass is 35.5. The van der Waals surface area contributed by atoms with Crippen molar-refractivity contribution in [2.75, 3.05) is 0 Å². The Morgan fingerprint density at radius 2 is 2.00 bits per heavy atom. The molecule has 3 heterocycles. The van der Waals surface area contributed by atoms with Gasteiger partial charge >= 0.3 is 0 Å². The van der Waals surface area contributed by atoms with Crippen LogP contribution in [0.1, 0.15) is 42.9 Å². The largest absolute Gasteiger partial charge is 0.293 e. The molecule has 5 heteroatoms. The summed E-state index contributed by atoms with van der Waals surface area (Å²) < 4.78 is 2.04. The molecular weight excluding hydrogens is 308 g/mol. The van der Waals surface area contributed by atoms with Crippen molar-refractivity contribution in [2.45, 2.75) is 50.4 Å². The summed E-state index contributed by atoms with van der Waals surface area (Å²) in [6.45, 7) is 0.942. The number of nitrogens with zero attached hydrogens (tertiary/aromatic N) is 4. The van der Waals surface area contributed by atoms with Gasteiger partial charge in [0.05, 0.1) is 28.9 Å². The Bertz CT molecular complexity index is 733. The lowest BCUT2D eigenvalue weighted by Gasteiger charge is -2.39. The molecule has 23 heavy (non-hydrogen) atoms. The molecule has 2 aliphatic rings. The van der Waals surface area contributed by atoms with Crippen LogP contribution in [-0.4, -0.2) is 26.8 Å². The molecule has 1 aromatic carbocycles. The maximum absolute atomic E-state index is 9.06. The van der Waals surface area contributed by atoms with E-state index in [1.54, 1.807) is 6.20 Å². The predicted molar refractivity (Wildman–Crippen MR) is 89.0 cm³/mol. The van der Waals surface area contributed by atoms with Crippen LogP contribution < -0.4 is 0 Å². The molecule has 0 spiro atoms. The molecule has 2 unspecified atom stereocenters. The van der Waals surface area contributed by atoms with Gasteiger partial charge in [-0.15, -0.1) is 0 Å². The lowest BCUT2D eigenvalue weighted by molar-refractivity contribution is 0.0951. The SMILES string of the molecule is N#Cc1cccc(CN2C3CCC2CC(n2cc(Cl)cn2)C3)c1. The molecule has 0 amide bonds. The molecule has 118 valence electrons. The first-order valence-corrected chi connectivity index (χ1v) is 8.55. The summed E-state index contributed by atoms with van der Waals surface area (Å²) in [5.74, 6) is 0. The molecule has 0 saturated carbocycles. The summed E-state index contributed by atoms with van der Waals surface area (Å²) in [4.78, 5) is 2.62. The number of aromatic nitrogens is 2. The van der Waals surface area contributed by atoms with E-state index < -0.39 is 0 Å². The third-order valence-electron chi connectivity index (χ3n) is 5.22. The molecule has 4 nitrogen and oxygen atoms in total. The minimum Gasteiger partial charge on any atom is -0.293 e. The molecule has 2 aliphatic heterocycles. The van der Waals surface area contributed by atoms with Crippen LogP contribution in [0.2, 0.25) is 5.02 Å². The first-order valence-electron chi connectivity index (χ1n) is 8.17. The van der Waals surface area contributed by atoms with E-state index in [4.69, 9.17) is 16.9 Å². The average Bonchev–Trinajstić information content (AvgIpc) is 3.08. The van der Waals surface area contributed by atoms with Gasteiger partial charge in [0, 0.05) is 24.8 Å². The fraction of sp³-hybridized carbons (Fsp3) is 0.444. The summed E-state index contributed by atoms with van der Waals surface area (Å²) in [7, 11) is 0. The van der Waals surface area contributed by atoms with Gasteiger partial charge in [-0.05, 0) is 43.4 Å². The molecule has 2 fully saturated rings. The molecule has 0 aliphatic carbocycles. The van der Waals surface area contributed by atoms with Crippen LogP contribution in [0, 0.1) is 11.3 Å². The van der Waals surface area contributed by atoms with Crippen molar-refractivity contribution >= 4 is 11.6 Å². The Hall–Kier alpha value is -1.83. The van der Waals surface area contributed by atoms with Crippen molar-refractivity contribution in [2.24, 2.45) is 0 Å². The van der Waals surface area contributed by atoms with Gasteiger partial charge in [-0.1, -0.05) is 23.7 Å². The zero-order valence-electron chi connectivity index (χ0n) is 12.9. The third-order valence-corrected chi connectivity index (χ3v) is 5.42. The van der Waals surface area contributed by atoms with E-state index in [2.05, 4.69) is 22.1 Å². The van der Waals surface area contributed by atoms with Gasteiger partial charge in [-0.25, -0.2) is 0 Å². The number of fused-ring (bicyclic) bond motifs is 2. The van der Waals surface area contributed by atoms with Crippen molar-refractivity contribution in [1.29, 1.82) is 5.26 Å². The lowest BCUT2D eigenvalue weighted by Crippen LogP contribution is -2.42. The molecule has 0 radical (unpaired) electrons. The van der Waals surface area contributed by atoms with Crippen LogP contribution in [-0.2, 0) is 6.54 Å². The zero-order chi connectivity index (χ0) is 15.8. The predicted octanol–water partition coefficient (Wildman–Crippen LogP) is 3.78. The van der Waals surface area contributed by atoms with Crippen LogP contribution >= 0.6 is 11.6 Å². The number of piperidine rings is 1. The highest BCUT2D eigenvalue weighted by Gasteiger charge is 2.41. The average molecular weight is 327 g/mol. The number of hydrogen-bond acceptors (Lipinski definition) is 3. The summed E-state index contributed by atoms with van der Waals surface area (Å²) in [5, 5.41) is 14.2. The van der Waals surface area contributed by atoms with Gasteiger partial charge in [0.15, 0.2) is 0 Å². The van der Waals surface area contributed by atoms with Crippen molar-refractivity contribution in [3.8, 4) is 6.07 Å². The van der Waals surface area contributed by atoms with E-state index in [1.807, 2.05) is 29.1 Å². The summed E-state index contributed by atoms with van der Waals surface area (Å²) in [5.41, 5.74) is 1.98. The van der Waals surface area contributed by atoms with Crippen molar-refractivity contribution in [3.05, 3.63) is 52.8 Å². The normalized spacial score (nSPS) is 27.0. The molecule has 2 aromatic rings. The van der Waals surface area contributed by atoms with E-state index in [0.717, 1.165) is 24.9 Å². The number of rotatable bonds is 3. The Labute approximate surface area is 141 Å². The van der Waals surface area contributed by atoms with E-state index in [0.29, 0.717) is 23.1 Å². The van der Waals surface area contributed by atoms with Gasteiger partial charge in [0.2, 0.25) is 0 Å². The second kappa shape index (κ2) is 5.99. The lowest BCUT2D eigenvalue weighted by atomic mass is 9.96. The van der Waals surface area contributed by atoms with Crippen LogP contribution in [0.25, 0.3) is 0 Å². The summed E-state index contributed by atoms with van der Waals surface area (Å²) >= 11 is 6.01. The van der Waals surface area contributed by atoms with Gasteiger partial charge in [0.1, 0.15) is 0 Å². The molecule has 2 bridgehead atoms.